The summed E-state index contributed by atoms with van der Waals surface area (Å²) in [5, 5.41) is 0. The zero-order chi connectivity index (χ0) is 22.9. The summed E-state index contributed by atoms with van der Waals surface area (Å²) in [6.45, 7) is 0.986. The van der Waals surface area contributed by atoms with Gasteiger partial charge in [0, 0.05) is 30.8 Å². The summed E-state index contributed by atoms with van der Waals surface area (Å²) in [6, 6.07) is 6.61. The molecule has 0 bridgehead atoms. The van der Waals surface area contributed by atoms with Crippen LogP contribution in [0, 0.1) is 0 Å². The van der Waals surface area contributed by atoms with Crippen LogP contribution in [0.5, 0.6) is 0 Å². The van der Waals surface area contributed by atoms with Crippen molar-refractivity contribution >= 4 is 12.0 Å². The molecule has 1 fully saturated rings. The smallest absolute Gasteiger partial charge is 0.416 e. The van der Waals surface area contributed by atoms with E-state index in [4.69, 9.17) is 10.5 Å². The second kappa shape index (κ2) is 8.48. The van der Waals surface area contributed by atoms with Crippen molar-refractivity contribution in [3.63, 3.8) is 0 Å². The minimum atomic E-state index is -4.48. The maximum atomic E-state index is 13.3. The molecule has 2 aromatic heterocycles. The maximum absolute atomic E-state index is 13.3. The SMILES string of the molecule is COC(=O)N1CCC(c2nc(-c3cccc(C(F)(F)F)c3)c(-c3ccnc(N)n3)[nH]2)CC1. The van der Waals surface area contributed by atoms with Gasteiger partial charge in [0.1, 0.15) is 5.82 Å². The third kappa shape index (κ3) is 4.36. The van der Waals surface area contributed by atoms with E-state index in [0.717, 1.165) is 12.1 Å². The molecule has 0 unspecified atom stereocenters. The third-order valence-electron chi connectivity index (χ3n) is 5.43. The number of ether oxygens (including phenoxy) is 1. The predicted molar refractivity (Wildman–Crippen MR) is 110 cm³/mol. The molecule has 1 aromatic carbocycles. The zero-order valence-electron chi connectivity index (χ0n) is 17.2. The van der Waals surface area contributed by atoms with Crippen molar-refractivity contribution in [3.05, 3.63) is 47.9 Å². The van der Waals surface area contributed by atoms with Crippen LogP contribution in [0.25, 0.3) is 22.6 Å². The number of rotatable bonds is 3. The summed E-state index contributed by atoms with van der Waals surface area (Å²) >= 11 is 0. The number of carbonyl (C=O) groups is 1. The van der Waals surface area contributed by atoms with Gasteiger partial charge in [0.15, 0.2) is 0 Å². The fraction of sp³-hybridized carbons (Fsp3) is 0.333. The van der Waals surface area contributed by atoms with Crippen molar-refractivity contribution < 1.29 is 22.7 Å². The molecule has 1 saturated heterocycles. The first-order valence-electron chi connectivity index (χ1n) is 9.95. The summed E-state index contributed by atoms with van der Waals surface area (Å²) in [4.78, 5) is 29.3. The van der Waals surface area contributed by atoms with Gasteiger partial charge in [-0.15, -0.1) is 0 Å². The lowest BCUT2D eigenvalue weighted by molar-refractivity contribution is -0.137. The highest BCUT2D eigenvalue weighted by Crippen LogP contribution is 2.37. The van der Waals surface area contributed by atoms with Gasteiger partial charge < -0.3 is 20.4 Å². The molecule has 1 aliphatic rings. The molecular weight excluding hydrogens is 425 g/mol. The van der Waals surface area contributed by atoms with Gasteiger partial charge in [-0.1, -0.05) is 12.1 Å². The van der Waals surface area contributed by atoms with Crippen LogP contribution in [0.4, 0.5) is 23.9 Å². The molecular formula is C21H21F3N6O2. The van der Waals surface area contributed by atoms with E-state index in [-0.39, 0.29) is 18.0 Å². The summed E-state index contributed by atoms with van der Waals surface area (Å²) in [5.74, 6) is 0.655. The molecule has 0 atom stereocenters. The Balaban J connectivity index is 1.73. The van der Waals surface area contributed by atoms with Crippen LogP contribution in [0.1, 0.15) is 30.1 Å². The largest absolute Gasteiger partial charge is 0.453 e. The summed E-state index contributed by atoms with van der Waals surface area (Å²) in [6.07, 6.45) is -2.12. The Morgan fingerprint density at radius 2 is 1.97 bits per heavy atom. The van der Waals surface area contributed by atoms with Gasteiger partial charge in [0.2, 0.25) is 5.95 Å². The molecule has 0 radical (unpaired) electrons. The Labute approximate surface area is 181 Å². The minimum absolute atomic E-state index is 0.00612. The highest BCUT2D eigenvalue weighted by Gasteiger charge is 2.32. The topological polar surface area (TPSA) is 110 Å². The minimum Gasteiger partial charge on any atom is -0.453 e. The molecule has 3 N–H and O–H groups in total. The van der Waals surface area contributed by atoms with Crippen LogP contribution in [0.3, 0.4) is 0 Å². The molecule has 3 aromatic rings. The molecule has 0 spiro atoms. The van der Waals surface area contributed by atoms with Gasteiger partial charge >= 0.3 is 12.3 Å². The molecule has 32 heavy (non-hydrogen) atoms. The average Bonchev–Trinajstić information content (AvgIpc) is 3.24. The number of nitrogens with two attached hydrogens (primary N) is 1. The molecule has 11 heteroatoms. The monoisotopic (exact) mass is 446 g/mol. The van der Waals surface area contributed by atoms with Crippen molar-refractivity contribution in [2.24, 2.45) is 0 Å². The molecule has 1 amide bonds. The standard InChI is InChI=1S/C21H21F3N6O2/c1-32-20(31)30-9-6-12(7-10-30)18-28-16(13-3-2-4-14(11-13)21(22,23)24)17(29-18)15-5-8-26-19(25)27-15/h2-5,8,11-12H,6-7,9-10H2,1H3,(H,28,29)(H2,25,26,27). The number of piperidine rings is 1. The van der Waals surface area contributed by atoms with Crippen molar-refractivity contribution in [1.82, 2.24) is 24.8 Å². The van der Waals surface area contributed by atoms with Crippen LogP contribution in [-0.4, -0.2) is 51.1 Å². The quantitative estimate of drug-likeness (QED) is 0.627. The first kappa shape index (κ1) is 21.6. The first-order valence-corrected chi connectivity index (χ1v) is 9.95. The van der Waals surface area contributed by atoms with E-state index >= 15 is 0 Å². The van der Waals surface area contributed by atoms with E-state index in [0.29, 0.717) is 54.4 Å². The Morgan fingerprint density at radius 1 is 1.22 bits per heavy atom. The number of halogens is 3. The maximum Gasteiger partial charge on any atom is 0.416 e. The van der Waals surface area contributed by atoms with E-state index in [1.165, 1.54) is 19.4 Å². The van der Waals surface area contributed by atoms with E-state index < -0.39 is 11.7 Å². The number of hydrogen-bond donors (Lipinski definition) is 2. The van der Waals surface area contributed by atoms with Crippen molar-refractivity contribution in [1.29, 1.82) is 0 Å². The molecule has 0 aliphatic carbocycles. The number of carbonyl (C=O) groups excluding carboxylic acids is 1. The Morgan fingerprint density at radius 3 is 2.62 bits per heavy atom. The predicted octanol–water partition coefficient (Wildman–Crippen LogP) is 4.08. The molecule has 168 valence electrons. The van der Waals surface area contributed by atoms with E-state index in [1.54, 1.807) is 17.0 Å². The van der Waals surface area contributed by atoms with Gasteiger partial charge in [-0.05, 0) is 31.0 Å². The number of nitrogens with zero attached hydrogens (tertiary/aromatic N) is 4. The van der Waals surface area contributed by atoms with Crippen molar-refractivity contribution in [2.45, 2.75) is 24.9 Å². The lowest BCUT2D eigenvalue weighted by Crippen LogP contribution is -2.37. The van der Waals surface area contributed by atoms with E-state index in [1.807, 2.05) is 0 Å². The number of aromatic nitrogens is 4. The summed E-state index contributed by atoms with van der Waals surface area (Å²) in [5.41, 5.74) is 6.50. The first-order chi connectivity index (χ1) is 15.3. The molecule has 0 saturated carbocycles. The second-order valence-corrected chi connectivity index (χ2v) is 7.46. The number of amides is 1. The number of aromatic amines is 1. The number of methoxy groups -OCH3 is 1. The van der Waals surface area contributed by atoms with Crippen molar-refractivity contribution in [2.75, 3.05) is 25.9 Å². The second-order valence-electron chi connectivity index (χ2n) is 7.46. The highest BCUT2D eigenvalue weighted by atomic mass is 19.4. The van der Waals surface area contributed by atoms with E-state index in [2.05, 4.69) is 19.9 Å². The lowest BCUT2D eigenvalue weighted by Gasteiger charge is -2.29. The van der Waals surface area contributed by atoms with Crippen LogP contribution in [-0.2, 0) is 10.9 Å². The van der Waals surface area contributed by atoms with Gasteiger partial charge in [-0.3, -0.25) is 0 Å². The number of benzene rings is 1. The average molecular weight is 446 g/mol. The number of anilines is 1. The fourth-order valence-corrected chi connectivity index (χ4v) is 3.80. The number of H-pyrrole nitrogens is 1. The number of likely N-dealkylation sites (tertiary alicyclic amines) is 1. The van der Waals surface area contributed by atoms with Gasteiger partial charge in [-0.2, -0.15) is 13.2 Å². The van der Waals surface area contributed by atoms with Gasteiger partial charge in [0.25, 0.3) is 0 Å². The highest BCUT2D eigenvalue weighted by molar-refractivity contribution is 5.77. The molecule has 1 aliphatic heterocycles. The van der Waals surface area contributed by atoms with Gasteiger partial charge in [-0.25, -0.2) is 19.7 Å². The third-order valence-corrected chi connectivity index (χ3v) is 5.43. The number of nitrogen functional groups attached to an aromatic ring is 1. The van der Waals surface area contributed by atoms with Crippen LogP contribution in [0.2, 0.25) is 0 Å². The summed E-state index contributed by atoms with van der Waals surface area (Å²) in [7, 11) is 1.34. The molecule has 8 nitrogen and oxygen atoms in total. The lowest BCUT2D eigenvalue weighted by atomic mass is 9.96. The molecule has 3 heterocycles. The number of imidazole rings is 1. The summed E-state index contributed by atoms with van der Waals surface area (Å²) < 4.78 is 44.6. The Hall–Kier alpha value is -3.63. The van der Waals surface area contributed by atoms with Gasteiger partial charge in [0.05, 0.1) is 29.8 Å². The Kier molecular flexibility index (Phi) is 5.72. The number of alkyl halides is 3. The normalized spacial score (nSPS) is 15.1. The van der Waals surface area contributed by atoms with Crippen LogP contribution in [0.15, 0.2) is 36.5 Å². The van der Waals surface area contributed by atoms with Crippen molar-refractivity contribution in [3.8, 4) is 22.6 Å². The van der Waals surface area contributed by atoms with Crippen LogP contribution >= 0.6 is 0 Å². The number of hydrogen-bond acceptors (Lipinski definition) is 6. The van der Waals surface area contributed by atoms with E-state index in [9.17, 15) is 18.0 Å². The Bertz CT molecular complexity index is 1120. The molecule has 4 rings (SSSR count). The fourth-order valence-electron chi connectivity index (χ4n) is 3.80. The number of nitrogens with one attached hydrogen (secondary N) is 1. The van der Waals surface area contributed by atoms with Crippen LogP contribution < -0.4 is 5.73 Å². The zero-order valence-corrected chi connectivity index (χ0v) is 17.2.